The largest absolute Gasteiger partial charge is 0.464 e. The van der Waals surface area contributed by atoms with Gasteiger partial charge in [-0.2, -0.15) is 0 Å². The summed E-state index contributed by atoms with van der Waals surface area (Å²) in [5, 5.41) is 11.0. The molecule has 1 N–H and O–H groups in total. The molecule has 2 spiro atoms. The first kappa shape index (κ1) is 34.8. The normalized spacial score (nSPS) is 51.0. The van der Waals surface area contributed by atoms with Crippen molar-refractivity contribution in [3.05, 3.63) is 0 Å². The number of aliphatic hydroxyl groups is 1. The molecule has 0 aromatic rings. The summed E-state index contributed by atoms with van der Waals surface area (Å²) in [6.45, 7) is 19.9. The summed E-state index contributed by atoms with van der Waals surface area (Å²) < 4.78 is 31.1. The highest BCUT2D eigenvalue weighted by Crippen LogP contribution is 2.89. The Labute approximate surface area is 293 Å². The molecule has 5 aliphatic carbocycles. The maximum atomic E-state index is 12.3. The minimum atomic E-state index is -1.17. The van der Waals surface area contributed by atoms with E-state index < -0.39 is 11.7 Å². The van der Waals surface area contributed by atoms with E-state index in [2.05, 4.69) is 39.5 Å². The van der Waals surface area contributed by atoms with E-state index in [1.54, 1.807) is 13.8 Å². The molecule has 8 rings (SSSR count). The molecule has 0 aromatic carbocycles. The second-order valence-corrected chi connectivity index (χ2v) is 19.6. The summed E-state index contributed by atoms with van der Waals surface area (Å²) in [4.78, 5) is 26.6. The second kappa shape index (κ2) is 11.4. The van der Waals surface area contributed by atoms with Crippen LogP contribution in [0.2, 0.25) is 0 Å². The number of ether oxygens (including phenoxy) is 5. The molecular weight excluding hydrogens is 622 g/mol. The van der Waals surface area contributed by atoms with Gasteiger partial charge in [-0.3, -0.25) is 14.5 Å². The predicted octanol–water partition coefficient (Wildman–Crippen LogP) is 5.89. The number of fused-ring (bicyclic) bond motifs is 4. The second-order valence-electron chi connectivity index (χ2n) is 19.6. The molecule has 0 amide bonds. The van der Waals surface area contributed by atoms with Crippen molar-refractivity contribution in [1.82, 2.24) is 4.90 Å². The van der Waals surface area contributed by atoms with Gasteiger partial charge in [-0.15, -0.1) is 0 Å². The number of morpholine rings is 1. The van der Waals surface area contributed by atoms with E-state index in [-0.39, 0.29) is 58.8 Å². The van der Waals surface area contributed by atoms with Gasteiger partial charge in [0.05, 0.1) is 43.7 Å². The maximum absolute atomic E-state index is 12.3. The molecule has 5 saturated carbocycles. The molecule has 276 valence electrons. The van der Waals surface area contributed by atoms with Gasteiger partial charge in [0.2, 0.25) is 0 Å². The molecule has 3 heterocycles. The number of carbonyl (C=O) groups is 2. The fraction of sp³-hybridized carbons (Fsp3) is 0.950. The standard InChI is InChI=1S/C40H63NO8/c1-23-19-26(33(36(5,6)44)47-24(2)42)48-27-20-38(8)29-10-9-28-35(3,4)30(49-31-21-41(16-18-45-31)25-12-17-46-34(25)43)11-13-39(28)22-40(29,39)15-14-37(38,7)32(23)27/h23,25-33,44H,9-22H2,1-8H3/t23-,25+,26?,27?,28?,29+,30+,31?,32?,33+,37-,38+,39-,40+/m1/s1. The van der Waals surface area contributed by atoms with Crippen LogP contribution in [0.15, 0.2) is 0 Å². The minimum Gasteiger partial charge on any atom is -0.464 e. The number of hydrogen-bond acceptors (Lipinski definition) is 9. The van der Waals surface area contributed by atoms with Gasteiger partial charge in [0.25, 0.3) is 0 Å². The maximum Gasteiger partial charge on any atom is 0.323 e. The Balaban J connectivity index is 0.995. The third kappa shape index (κ3) is 4.93. The van der Waals surface area contributed by atoms with Gasteiger partial charge in [0.15, 0.2) is 12.4 Å². The van der Waals surface area contributed by atoms with E-state index in [0.717, 1.165) is 32.2 Å². The molecule has 0 bridgehead atoms. The van der Waals surface area contributed by atoms with Gasteiger partial charge in [-0.05, 0) is 122 Å². The van der Waals surface area contributed by atoms with Gasteiger partial charge < -0.3 is 28.8 Å². The first-order valence-electron chi connectivity index (χ1n) is 19.7. The summed E-state index contributed by atoms with van der Waals surface area (Å²) in [5.41, 5.74) is 0.0438. The molecule has 5 unspecified atom stereocenters. The van der Waals surface area contributed by atoms with Gasteiger partial charge >= 0.3 is 11.9 Å². The van der Waals surface area contributed by atoms with Gasteiger partial charge in [-0.1, -0.05) is 34.6 Å². The third-order valence-corrected chi connectivity index (χ3v) is 16.7. The van der Waals surface area contributed by atoms with Crippen molar-refractivity contribution in [3.8, 4) is 0 Å². The van der Waals surface area contributed by atoms with E-state index in [0.29, 0.717) is 54.3 Å². The zero-order valence-electron chi connectivity index (χ0n) is 31.4. The van der Waals surface area contributed by atoms with Gasteiger partial charge in [-0.25, -0.2) is 0 Å². The highest BCUT2D eigenvalue weighted by molar-refractivity contribution is 5.77. The molecule has 8 fully saturated rings. The van der Waals surface area contributed by atoms with Crippen LogP contribution in [0.4, 0.5) is 0 Å². The molecule has 8 aliphatic rings. The average molecular weight is 686 g/mol. The molecule has 3 aliphatic heterocycles. The summed E-state index contributed by atoms with van der Waals surface area (Å²) in [6, 6.07) is -0.159. The van der Waals surface area contributed by atoms with Crippen molar-refractivity contribution in [2.45, 2.75) is 162 Å². The number of nitrogens with zero attached hydrogens (tertiary/aromatic N) is 1. The summed E-state index contributed by atoms with van der Waals surface area (Å²) in [6.07, 6.45) is 10.4. The highest BCUT2D eigenvalue weighted by Gasteiger charge is 2.83. The zero-order chi connectivity index (χ0) is 34.9. The van der Waals surface area contributed by atoms with Crippen LogP contribution < -0.4 is 0 Å². The Bertz CT molecular complexity index is 1350. The van der Waals surface area contributed by atoms with Crippen molar-refractivity contribution in [3.63, 3.8) is 0 Å². The van der Waals surface area contributed by atoms with Crippen molar-refractivity contribution in [2.75, 3.05) is 26.3 Å². The zero-order valence-corrected chi connectivity index (χ0v) is 31.4. The van der Waals surface area contributed by atoms with Crippen molar-refractivity contribution < 1.29 is 38.4 Å². The number of carbonyl (C=O) groups excluding carboxylic acids is 2. The predicted molar refractivity (Wildman–Crippen MR) is 182 cm³/mol. The molecule has 9 nitrogen and oxygen atoms in total. The molecule has 9 heteroatoms. The SMILES string of the molecule is CC(=O)O[C@@H](C1C[C@@H](C)C2C(C[C@@]3(C)[C@@H]4CCC5C(C)(C)[C@@H](OC6CN([C@H]7CCOC7=O)CCO6)CC[C@@]56C[C@@]46CC[C@]23C)O1)C(C)(C)O. The summed E-state index contributed by atoms with van der Waals surface area (Å²) in [7, 11) is 0. The van der Waals surface area contributed by atoms with Crippen LogP contribution in [0.5, 0.6) is 0 Å². The van der Waals surface area contributed by atoms with Crippen LogP contribution in [-0.2, 0) is 33.3 Å². The van der Waals surface area contributed by atoms with E-state index in [4.69, 9.17) is 23.7 Å². The van der Waals surface area contributed by atoms with Crippen molar-refractivity contribution >= 4 is 11.9 Å². The number of esters is 2. The lowest BCUT2D eigenvalue weighted by Gasteiger charge is -2.63. The third-order valence-electron chi connectivity index (χ3n) is 16.7. The van der Waals surface area contributed by atoms with E-state index in [9.17, 15) is 14.7 Å². The van der Waals surface area contributed by atoms with E-state index in [1.165, 1.54) is 45.4 Å². The molecule has 0 radical (unpaired) electrons. The topological polar surface area (TPSA) is 104 Å². The fourth-order valence-corrected chi connectivity index (χ4v) is 14.6. The van der Waals surface area contributed by atoms with Gasteiger partial charge in [0.1, 0.15) is 6.04 Å². The number of rotatable bonds is 6. The molecule has 0 aromatic heterocycles. The molecular formula is C40H63NO8. The number of cyclic esters (lactones) is 1. The van der Waals surface area contributed by atoms with Crippen molar-refractivity contribution in [1.29, 1.82) is 0 Å². The highest BCUT2D eigenvalue weighted by atomic mass is 16.7. The molecule has 14 atom stereocenters. The monoisotopic (exact) mass is 685 g/mol. The summed E-state index contributed by atoms with van der Waals surface area (Å²) >= 11 is 0. The fourth-order valence-electron chi connectivity index (χ4n) is 14.6. The Morgan fingerprint density at radius 3 is 2.43 bits per heavy atom. The summed E-state index contributed by atoms with van der Waals surface area (Å²) in [5.74, 6) is 1.75. The van der Waals surface area contributed by atoms with Crippen LogP contribution >= 0.6 is 0 Å². The first-order valence-corrected chi connectivity index (χ1v) is 19.7. The van der Waals surface area contributed by atoms with Crippen LogP contribution in [0.3, 0.4) is 0 Å². The average Bonchev–Trinajstić information content (AvgIpc) is 3.36. The van der Waals surface area contributed by atoms with Crippen LogP contribution in [0.1, 0.15) is 120 Å². The first-order chi connectivity index (χ1) is 23.0. The lowest BCUT2D eigenvalue weighted by molar-refractivity contribution is -0.249. The van der Waals surface area contributed by atoms with E-state index in [1.807, 2.05) is 0 Å². The van der Waals surface area contributed by atoms with Crippen LogP contribution in [-0.4, -0.2) is 90.6 Å². The smallest absolute Gasteiger partial charge is 0.323 e. The lowest BCUT2D eigenvalue weighted by Crippen LogP contribution is -2.59. The van der Waals surface area contributed by atoms with E-state index >= 15 is 0 Å². The van der Waals surface area contributed by atoms with Crippen LogP contribution in [0.25, 0.3) is 0 Å². The Hall–Kier alpha value is -1.26. The Kier molecular flexibility index (Phi) is 8.08. The molecule has 3 saturated heterocycles. The van der Waals surface area contributed by atoms with Gasteiger partial charge in [0, 0.05) is 19.9 Å². The molecule has 49 heavy (non-hydrogen) atoms. The van der Waals surface area contributed by atoms with Crippen molar-refractivity contribution in [2.24, 2.45) is 50.7 Å². The quantitative estimate of drug-likeness (QED) is 0.343. The Morgan fingerprint density at radius 1 is 1.00 bits per heavy atom. The lowest BCUT2D eigenvalue weighted by atomic mass is 9.41. The number of hydrogen-bond donors (Lipinski definition) is 1. The minimum absolute atomic E-state index is 0.0453. The Morgan fingerprint density at radius 2 is 1.73 bits per heavy atom. The van der Waals surface area contributed by atoms with Crippen LogP contribution in [0, 0.1) is 50.7 Å².